The Bertz CT molecular complexity index is 1510. The molecular weight excluding hydrogens is 469 g/mol. The number of halogens is 1. The van der Waals surface area contributed by atoms with Gasteiger partial charge in [-0.15, -0.1) is 0 Å². The molecule has 0 saturated heterocycles. The predicted octanol–water partition coefficient (Wildman–Crippen LogP) is 6.76. The van der Waals surface area contributed by atoms with Gasteiger partial charge in [0.15, 0.2) is 0 Å². The monoisotopic (exact) mass is 495 g/mol. The first kappa shape index (κ1) is 24.1. The number of carbonyl (C=O) groups is 1. The molecule has 0 aliphatic carbocycles. The zero-order valence-electron chi connectivity index (χ0n) is 20.6. The van der Waals surface area contributed by atoms with Gasteiger partial charge in [0, 0.05) is 18.2 Å². The molecule has 2 heterocycles. The molecule has 186 valence electrons. The van der Waals surface area contributed by atoms with E-state index in [4.69, 9.17) is 14.3 Å². The van der Waals surface area contributed by atoms with Crippen LogP contribution in [0.5, 0.6) is 11.6 Å². The third-order valence-electron chi connectivity index (χ3n) is 5.97. The van der Waals surface area contributed by atoms with E-state index < -0.39 is 5.82 Å². The molecule has 0 bridgehead atoms. The van der Waals surface area contributed by atoms with Gasteiger partial charge in [0.25, 0.3) is 5.91 Å². The summed E-state index contributed by atoms with van der Waals surface area (Å²) in [6.45, 7) is 2.35. The quantitative estimate of drug-likeness (QED) is 0.239. The van der Waals surface area contributed by atoms with Crippen LogP contribution in [0.4, 0.5) is 4.39 Å². The number of nitrogens with zero attached hydrogens (tertiary/aromatic N) is 3. The standard InChI is InChI=1S/C30H26FN3O3/c1-21-9-6-14-25(17-21)37-30-27(28(32-33(30)2)22-10-4-3-5-11-22)20-34(19-26-15-8-16-36-26)29(35)23-12-7-13-24(31)18-23/h3-18H,19-20H2,1-2H3. The number of ether oxygens (including phenoxy) is 1. The highest BCUT2D eigenvalue weighted by molar-refractivity contribution is 5.94. The highest BCUT2D eigenvalue weighted by Crippen LogP contribution is 2.35. The Kier molecular flexibility index (Phi) is 6.85. The lowest BCUT2D eigenvalue weighted by molar-refractivity contribution is 0.0716. The normalized spacial score (nSPS) is 10.9. The van der Waals surface area contributed by atoms with Crippen molar-refractivity contribution in [2.45, 2.75) is 20.0 Å². The lowest BCUT2D eigenvalue weighted by Crippen LogP contribution is -2.30. The van der Waals surface area contributed by atoms with Crippen LogP contribution in [0.3, 0.4) is 0 Å². The van der Waals surface area contributed by atoms with E-state index in [1.165, 1.54) is 18.2 Å². The van der Waals surface area contributed by atoms with E-state index in [0.29, 0.717) is 23.1 Å². The van der Waals surface area contributed by atoms with Gasteiger partial charge in [-0.1, -0.05) is 48.5 Å². The number of carbonyl (C=O) groups excluding carboxylic acids is 1. The fraction of sp³-hybridized carbons (Fsp3) is 0.133. The van der Waals surface area contributed by atoms with E-state index in [1.54, 1.807) is 34.0 Å². The summed E-state index contributed by atoms with van der Waals surface area (Å²) in [6, 6.07) is 26.7. The number of hydrogen-bond donors (Lipinski definition) is 0. The Morgan fingerprint density at radius 3 is 2.51 bits per heavy atom. The first-order chi connectivity index (χ1) is 18.0. The van der Waals surface area contributed by atoms with Crippen molar-refractivity contribution in [1.29, 1.82) is 0 Å². The van der Waals surface area contributed by atoms with E-state index in [9.17, 15) is 9.18 Å². The molecule has 5 rings (SSSR count). The summed E-state index contributed by atoms with van der Waals surface area (Å²) in [7, 11) is 1.81. The Balaban J connectivity index is 1.59. The maximum absolute atomic E-state index is 14.0. The van der Waals surface area contributed by atoms with Crippen LogP contribution in [-0.4, -0.2) is 20.6 Å². The zero-order chi connectivity index (χ0) is 25.8. The van der Waals surface area contributed by atoms with Crippen molar-refractivity contribution >= 4 is 5.91 Å². The highest BCUT2D eigenvalue weighted by Gasteiger charge is 2.26. The maximum atomic E-state index is 14.0. The van der Waals surface area contributed by atoms with Gasteiger partial charge in [-0.25, -0.2) is 9.07 Å². The van der Waals surface area contributed by atoms with Crippen LogP contribution in [0.25, 0.3) is 11.3 Å². The average Bonchev–Trinajstić information content (AvgIpc) is 3.52. The summed E-state index contributed by atoms with van der Waals surface area (Å²) in [6.07, 6.45) is 1.56. The molecule has 3 aromatic carbocycles. The van der Waals surface area contributed by atoms with E-state index in [2.05, 4.69) is 0 Å². The van der Waals surface area contributed by atoms with Crippen LogP contribution in [0.1, 0.15) is 27.2 Å². The van der Waals surface area contributed by atoms with E-state index in [1.807, 2.05) is 68.6 Å². The molecule has 0 aliphatic heterocycles. The van der Waals surface area contributed by atoms with Crippen LogP contribution >= 0.6 is 0 Å². The van der Waals surface area contributed by atoms with Crippen LogP contribution in [0.2, 0.25) is 0 Å². The molecule has 0 fully saturated rings. The van der Waals surface area contributed by atoms with Crippen LogP contribution in [-0.2, 0) is 20.1 Å². The number of furan rings is 1. The summed E-state index contributed by atoms with van der Waals surface area (Å²) in [5.74, 6) is 0.980. The second kappa shape index (κ2) is 10.5. The van der Waals surface area contributed by atoms with Gasteiger partial charge in [-0.2, -0.15) is 5.10 Å². The summed E-state index contributed by atoms with van der Waals surface area (Å²) in [5, 5.41) is 4.77. The third-order valence-corrected chi connectivity index (χ3v) is 5.97. The molecule has 0 unspecified atom stereocenters. The van der Waals surface area contributed by atoms with Gasteiger partial charge in [0.2, 0.25) is 5.88 Å². The Hall–Kier alpha value is -4.65. The second-order valence-electron chi connectivity index (χ2n) is 8.79. The number of aromatic nitrogens is 2. The number of amides is 1. The summed E-state index contributed by atoms with van der Waals surface area (Å²) >= 11 is 0. The fourth-order valence-corrected chi connectivity index (χ4v) is 4.23. The number of aryl methyl sites for hydroxylation is 2. The largest absolute Gasteiger partial charge is 0.467 e. The van der Waals surface area contributed by atoms with Crippen molar-refractivity contribution in [1.82, 2.24) is 14.7 Å². The van der Waals surface area contributed by atoms with Crippen molar-refractivity contribution in [3.05, 3.63) is 126 Å². The van der Waals surface area contributed by atoms with Gasteiger partial charge in [-0.05, 0) is 55.0 Å². The van der Waals surface area contributed by atoms with Crippen molar-refractivity contribution in [2.24, 2.45) is 7.05 Å². The Morgan fingerprint density at radius 1 is 0.973 bits per heavy atom. The summed E-state index contributed by atoms with van der Waals surface area (Å²) in [5.41, 5.74) is 3.63. The molecule has 0 aliphatic rings. The van der Waals surface area contributed by atoms with Crippen molar-refractivity contribution < 1.29 is 18.3 Å². The van der Waals surface area contributed by atoms with Gasteiger partial charge in [0.1, 0.15) is 23.0 Å². The molecule has 6 nitrogen and oxygen atoms in total. The third kappa shape index (κ3) is 5.46. The first-order valence-corrected chi connectivity index (χ1v) is 11.9. The van der Waals surface area contributed by atoms with Crippen molar-refractivity contribution in [3.63, 3.8) is 0 Å². The second-order valence-corrected chi connectivity index (χ2v) is 8.79. The topological polar surface area (TPSA) is 60.5 Å². The first-order valence-electron chi connectivity index (χ1n) is 11.9. The molecule has 5 aromatic rings. The zero-order valence-corrected chi connectivity index (χ0v) is 20.6. The fourth-order valence-electron chi connectivity index (χ4n) is 4.23. The number of rotatable bonds is 8. The molecule has 7 heteroatoms. The van der Waals surface area contributed by atoms with E-state index in [-0.39, 0.29) is 24.6 Å². The van der Waals surface area contributed by atoms with Crippen molar-refractivity contribution in [2.75, 3.05) is 0 Å². The predicted molar refractivity (Wildman–Crippen MR) is 139 cm³/mol. The van der Waals surface area contributed by atoms with Crippen LogP contribution in [0, 0.1) is 12.7 Å². The lowest BCUT2D eigenvalue weighted by atomic mass is 10.1. The van der Waals surface area contributed by atoms with Gasteiger partial charge in [-0.3, -0.25) is 4.79 Å². The van der Waals surface area contributed by atoms with E-state index in [0.717, 1.165) is 16.7 Å². The van der Waals surface area contributed by atoms with Crippen LogP contribution < -0.4 is 4.74 Å². The minimum Gasteiger partial charge on any atom is -0.467 e. The van der Waals surface area contributed by atoms with Crippen molar-refractivity contribution in [3.8, 4) is 22.9 Å². The molecule has 0 saturated carbocycles. The Labute approximate surface area is 214 Å². The molecule has 37 heavy (non-hydrogen) atoms. The summed E-state index contributed by atoms with van der Waals surface area (Å²) < 4.78 is 27.6. The number of hydrogen-bond acceptors (Lipinski definition) is 4. The van der Waals surface area contributed by atoms with Gasteiger partial charge < -0.3 is 14.1 Å². The van der Waals surface area contributed by atoms with Gasteiger partial charge >= 0.3 is 0 Å². The molecule has 0 atom stereocenters. The number of benzene rings is 3. The SMILES string of the molecule is Cc1cccc(Oc2c(CN(Cc3ccco3)C(=O)c3cccc(F)c3)c(-c3ccccc3)nn2C)c1. The molecule has 0 radical (unpaired) electrons. The molecule has 0 spiro atoms. The smallest absolute Gasteiger partial charge is 0.254 e. The van der Waals surface area contributed by atoms with E-state index >= 15 is 0 Å². The molecule has 0 N–H and O–H groups in total. The summed E-state index contributed by atoms with van der Waals surface area (Å²) in [4.78, 5) is 15.3. The van der Waals surface area contributed by atoms with Crippen LogP contribution in [0.15, 0.2) is 102 Å². The molecule has 2 aromatic heterocycles. The highest BCUT2D eigenvalue weighted by atomic mass is 19.1. The Morgan fingerprint density at radius 2 is 1.78 bits per heavy atom. The van der Waals surface area contributed by atoms with Gasteiger partial charge in [0.05, 0.1) is 24.9 Å². The maximum Gasteiger partial charge on any atom is 0.254 e. The lowest BCUT2D eigenvalue weighted by Gasteiger charge is -2.23. The minimum absolute atomic E-state index is 0.162. The molecule has 1 amide bonds. The average molecular weight is 496 g/mol. The minimum atomic E-state index is -0.473. The molecular formula is C30H26FN3O3.